The summed E-state index contributed by atoms with van der Waals surface area (Å²) in [5.74, 6) is 0. The first-order chi connectivity index (χ1) is 6.84. The number of hydrogen-bond acceptors (Lipinski definition) is 1. The molecule has 1 N–H and O–H groups in total. The van der Waals surface area contributed by atoms with Gasteiger partial charge in [-0.2, -0.15) is 5.10 Å². The molecule has 0 amide bonds. The van der Waals surface area contributed by atoms with Crippen LogP contribution in [0.5, 0.6) is 0 Å². The normalized spacial score (nSPS) is 13.5. The second kappa shape index (κ2) is 2.95. The maximum Gasteiger partial charge on any atom is 0.0685 e. The Morgan fingerprint density at radius 3 is 3.00 bits per heavy atom. The van der Waals surface area contributed by atoms with E-state index in [1.54, 1.807) is 0 Å². The molecule has 0 radical (unpaired) electrons. The van der Waals surface area contributed by atoms with Crippen LogP contribution in [0.4, 0.5) is 0 Å². The molecule has 0 spiro atoms. The van der Waals surface area contributed by atoms with Gasteiger partial charge in [0.15, 0.2) is 0 Å². The molecule has 0 unspecified atom stereocenters. The summed E-state index contributed by atoms with van der Waals surface area (Å²) in [5, 5.41) is 7.16. The van der Waals surface area contributed by atoms with Crippen LogP contribution in [0.15, 0.2) is 28.9 Å². The van der Waals surface area contributed by atoms with E-state index in [-0.39, 0.29) is 0 Å². The molecular weight excluding hydrogens is 240 g/mol. The van der Waals surface area contributed by atoms with Crippen LogP contribution in [0.1, 0.15) is 11.1 Å². The molecule has 0 aliphatic heterocycles. The number of nitrogens with zero attached hydrogens (tertiary/aromatic N) is 1. The molecule has 1 heterocycles. The summed E-state index contributed by atoms with van der Waals surface area (Å²) >= 11 is 3.50. The summed E-state index contributed by atoms with van der Waals surface area (Å²) in [6.07, 6.45) is 4.15. The summed E-state index contributed by atoms with van der Waals surface area (Å²) in [4.78, 5) is 0. The van der Waals surface area contributed by atoms with Crippen LogP contribution in [0, 0.1) is 0 Å². The summed E-state index contributed by atoms with van der Waals surface area (Å²) in [5.41, 5.74) is 5.21. The van der Waals surface area contributed by atoms with Gasteiger partial charge in [0.05, 0.1) is 11.9 Å². The van der Waals surface area contributed by atoms with Crippen molar-refractivity contribution in [1.82, 2.24) is 10.2 Å². The minimum absolute atomic E-state index is 1.10. The minimum Gasteiger partial charge on any atom is -0.278 e. The average molecular weight is 249 g/mol. The van der Waals surface area contributed by atoms with E-state index in [0.29, 0.717) is 0 Å². The zero-order valence-corrected chi connectivity index (χ0v) is 9.13. The van der Waals surface area contributed by atoms with Gasteiger partial charge in [-0.3, -0.25) is 5.10 Å². The smallest absolute Gasteiger partial charge is 0.0685 e. The van der Waals surface area contributed by atoms with E-state index in [2.05, 4.69) is 44.3 Å². The Bertz CT molecular complexity index is 488. The van der Waals surface area contributed by atoms with Gasteiger partial charge in [-0.15, -0.1) is 0 Å². The number of aryl methyl sites for hydroxylation is 2. The van der Waals surface area contributed by atoms with Crippen molar-refractivity contribution >= 4 is 15.9 Å². The maximum absolute atomic E-state index is 4.09. The minimum atomic E-state index is 1.10. The van der Waals surface area contributed by atoms with Crippen molar-refractivity contribution in [3.05, 3.63) is 40.0 Å². The van der Waals surface area contributed by atoms with E-state index in [1.165, 1.54) is 22.4 Å². The van der Waals surface area contributed by atoms with E-state index in [4.69, 9.17) is 0 Å². The lowest BCUT2D eigenvalue weighted by Crippen LogP contribution is -2.02. The van der Waals surface area contributed by atoms with Gasteiger partial charge < -0.3 is 0 Å². The quantitative estimate of drug-likeness (QED) is 0.764. The van der Waals surface area contributed by atoms with Gasteiger partial charge in [0.2, 0.25) is 0 Å². The highest BCUT2D eigenvalue weighted by atomic mass is 79.9. The fourth-order valence-corrected chi connectivity index (χ4v) is 2.36. The Morgan fingerprint density at radius 1 is 1.21 bits per heavy atom. The van der Waals surface area contributed by atoms with Crippen molar-refractivity contribution < 1.29 is 0 Å². The van der Waals surface area contributed by atoms with Gasteiger partial charge >= 0.3 is 0 Å². The largest absolute Gasteiger partial charge is 0.278 e. The lowest BCUT2D eigenvalue weighted by molar-refractivity contribution is 0.941. The van der Waals surface area contributed by atoms with Gasteiger partial charge in [-0.25, -0.2) is 0 Å². The number of fused-ring (bicyclic) bond motifs is 3. The molecular formula is C11H9BrN2. The van der Waals surface area contributed by atoms with Crippen molar-refractivity contribution in [2.24, 2.45) is 0 Å². The fourth-order valence-electron chi connectivity index (χ4n) is 2.00. The predicted molar refractivity (Wildman–Crippen MR) is 59.1 cm³/mol. The molecule has 0 bridgehead atoms. The molecule has 0 fully saturated rings. The number of hydrogen-bond donors (Lipinski definition) is 1. The first-order valence-corrected chi connectivity index (χ1v) is 5.45. The molecule has 0 saturated carbocycles. The molecule has 3 rings (SSSR count). The Hall–Kier alpha value is -1.09. The van der Waals surface area contributed by atoms with Crippen LogP contribution >= 0.6 is 15.9 Å². The average Bonchev–Trinajstić information content (AvgIpc) is 2.65. The Labute approximate surface area is 90.5 Å². The third kappa shape index (κ3) is 1.12. The highest BCUT2D eigenvalue weighted by Crippen LogP contribution is 2.33. The van der Waals surface area contributed by atoms with Crippen LogP contribution in [0.25, 0.3) is 11.3 Å². The molecule has 0 atom stereocenters. The highest BCUT2D eigenvalue weighted by Gasteiger charge is 2.17. The molecule has 3 heteroatoms. The monoisotopic (exact) mass is 248 g/mol. The first kappa shape index (κ1) is 8.24. The van der Waals surface area contributed by atoms with E-state index < -0.39 is 0 Å². The standard InChI is InChI=1S/C11H9BrN2/c12-9-4-3-7-1-2-8-6-13-14-11(8)10(7)5-9/h3-6H,1-2H2,(H,13,14). The second-order valence-corrected chi connectivity index (χ2v) is 4.49. The molecule has 0 saturated heterocycles. The van der Waals surface area contributed by atoms with E-state index in [9.17, 15) is 0 Å². The Balaban J connectivity index is 2.28. The first-order valence-electron chi connectivity index (χ1n) is 4.65. The molecule has 1 aliphatic carbocycles. The number of rotatable bonds is 0. The number of nitrogens with one attached hydrogen (secondary N) is 1. The zero-order chi connectivity index (χ0) is 9.54. The molecule has 70 valence electrons. The number of aromatic nitrogens is 2. The Morgan fingerprint density at radius 2 is 2.07 bits per heavy atom. The number of aromatic amines is 1. The molecule has 2 nitrogen and oxygen atoms in total. The van der Waals surface area contributed by atoms with E-state index in [1.807, 2.05) is 6.20 Å². The molecule has 1 aliphatic rings. The topological polar surface area (TPSA) is 28.7 Å². The molecule has 1 aromatic carbocycles. The zero-order valence-electron chi connectivity index (χ0n) is 7.55. The fraction of sp³-hybridized carbons (Fsp3) is 0.182. The molecule has 1 aromatic heterocycles. The molecule has 2 aromatic rings. The summed E-state index contributed by atoms with van der Waals surface area (Å²) in [6.45, 7) is 0. The summed E-state index contributed by atoms with van der Waals surface area (Å²) in [6, 6.07) is 6.44. The van der Waals surface area contributed by atoms with Gasteiger partial charge in [0, 0.05) is 10.0 Å². The van der Waals surface area contributed by atoms with E-state index >= 15 is 0 Å². The molecule has 14 heavy (non-hydrogen) atoms. The number of H-pyrrole nitrogens is 1. The third-order valence-electron chi connectivity index (χ3n) is 2.72. The number of benzene rings is 1. The lowest BCUT2D eigenvalue weighted by atomic mass is 9.91. The van der Waals surface area contributed by atoms with Gasteiger partial charge in [-0.1, -0.05) is 22.0 Å². The van der Waals surface area contributed by atoms with Gasteiger partial charge in [0.1, 0.15) is 0 Å². The van der Waals surface area contributed by atoms with Crippen LogP contribution in [-0.2, 0) is 12.8 Å². The van der Waals surface area contributed by atoms with Crippen molar-refractivity contribution in [3.8, 4) is 11.3 Å². The van der Waals surface area contributed by atoms with Crippen molar-refractivity contribution in [3.63, 3.8) is 0 Å². The highest BCUT2D eigenvalue weighted by molar-refractivity contribution is 9.10. The van der Waals surface area contributed by atoms with Crippen LogP contribution < -0.4 is 0 Å². The SMILES string of the molecule is Brc1ccc2c(c1)-c1[nH]ncc1CC2. The Kier molecular flexibility index (Phi) is 1.74. The summed E-state index contributed by atoms with van der Waals surface area (Å²) < 4.78 is 1.12. The predicted octanol–water partition coefficient (Wildman–Crippen LogP) is 2.94. The van der Waals surface area contributed by atoms with Gasteiger partial charge in [-0.05, 0) is 36.1 Å². The van der Waals surface area contributed by atoms with Crippen LogP contribution in [0.3, 0.4) is 0 Å². The number of halogens is 1. The van der Waals surface area contributed by atoms with E-state index in [0.717, 1.165) is 17.3 Å². The van der Waals surface area contributed by atoms with Crippen molar-refractivity contribution in [2.75, 3.05) is 0 Å². The van der Waals surface area contributed by atoms with Gasteiger partial charge in [0.25, 0.3) is 0 Å². The van der Waals surface area contributed by atoms with Crippen LogP contribution in [-0.4, -0.2) is 10.2 Å². The maximum atomic E-state index is 4.09. The van der Waals surface area contributed by atoms with Crippen molar-refractivity contribution in [2.45, 2.75) is 12.8 Å². The second-order valence-electron chi connectivity index (χ2n) is 3.57. The van der Waals surface area contributed by atoms with Crippen molar-refractivity contribution in [1.29, 1.82) is 0 Å². The lowest BCUT2D eigenvalue weighted by Gasteiger charge is -2.15. The van der Waals surface area contributed by atoms with Crippen LogP contribution in [0.2, 0.25) is 0 Å². The third-order valence-corrected chi connectivity index (χ3v) is 3.22. The summed E-state index contributed by atoms with van der Waals surface area (Å²) in [7, 11) is 0.